The number of anilines is 2. The van der Waals surface area contributed by atoms with Crippen LogP contribution in [0.5, 0.6) is 0 Å². The highest BCUT2D eigenvalue weighted by Crippen LogP contribution is 2.40. The molecule has 1 aliphatic rings. The topological polar surface area (TPSA) is 88.2 Å². The molecule has 1 heterocycles. The highest BCUT2D eigenvalue weighted by molar-refractivity contribution is 8.00. The number of thioether (sulfide) groups is 1. The number of nitrogens with two attached hydrogens (primary N) is 1. The van der Waals surface area contributed by atoms with Gasteiger partial charge in [0.15, 0.2) is 0 Å². The molecule has 0 aromatic carbocycles. The van der Waals surface area contributed by atoms with Gasteiger partial charge < -0.3 is 16.2 Å². The highest BCUT2D eigenvalue weighted by Gasteiger charge is 2.32. The Morgan fingerprint density at radius 3 is 2.84 bits per heavy atom. The quantitative estimate of drug-likeness (QED) is 0.768. The summed E-state index contributed by atoms with van der Waals surface area (Å²) in [5, 5.41) is 12.3. The minimum Gasteiger partial charge on any atom is -0.478 e. The summed E-state index contributed by atoms with van der Waals surface area (Å²) in [6, 6.07) is 1.50. The van der Waals surface area contributed by atoms with Crippen molar-refractivity contribution >= 4 is 29.2 Å². The first-order valence-corrected chi connectivity index (χ1v) is 7.57. The molecule has 0 radical (unpaired) electrons. The number of aromatic nitrogens is 1. The molecule has 0 saturated heterocycles. The molecule has 1 saturated carbocycles. The second kappa shape index (κ2) is 5.69. The third-order valence-electron chi connectivity index (χ3n) is 3.70. The van der Waals surface area contributed by atoms with E-state index in [4.69, 9.17) is 10.8 Å². The number of pyridine rings is 1. The molecule has 1 aromatic heterocycles. The van der Waals surface area contributed by atoms with Crippen LogP contribution in [0.25, 0.3) is 0 Å². The van der Waals surface area contributed by atoms with Crippen LogP contribution < -0.4 is 11.1 Å². The van der Waals surface area contributed by atoms with Crippen LogP contribution in [0.3, 0.4) is 0 Å². The molecule has 0 amide bonds. The number of carboxylic acids is 1. The van der Waals surface area contributed by atoms with Crippen molar-refractivity contribution in [1.82, 2.24) is 4.98 Å². The van der Waals surface area contributed by atoms with Crippen molar-refractivity contribution in [3.8, 4) is 0 Å². The number of aromatic carboxylic acids is 1. The fraction of sp³-hybridized carbons (Fsp3) is 0.538. The average Bonchev–Trinajstić information content (AvgIpc) is 2.87. The van der Waals surface area contributed by atoms with Crippen LogP contribution in [0.2, 0.25) is 0 Å². The molecule has 5 nitrogen and oxygen atoms in total. The van der Waals surface area contributed by atoms with Crippen LogP contribution in [0.1, 0.15) is 36.0 Å². The Kier molecular flexibility index (Phi) is 4.19. The van der Waals surface area contributed by atoms with Gasteiger partial charge in [0, 0.05) is 11.3 Å². The minimum absolute atomic E-state index is 0.0992. The first kappa shape index (κ1) is 14.0. The second-order valence-corrected chi connectivity index (χ2v) is 6.18. The number of carbonyl (C=O) groups is 1. The number of nitrogens with one attached hydrogen (secondary N) is 1. The Balaban J connectivity index is 2.07. The molecular formula is C13H19N3O2S. The molecule has 0 unspecified atom stereocenters. The molecule has 0 atom stereocenters. The largest absolute Gasteiger partial charge is 0.478 e. The smallest absolute Gasteiger partial charge is 0.337 e. The van der Waals surface area contributed by atoms with Gasteiger partial charge in [0.25, 0.3) is 0 Å². The summed E-state index contributed by atoms with van der Waals surface area (Å²) in [4.78, 5) is 15.2. The van der Waals surface area contributed by atoms with Crippen LogP contribution in [-0.2, 0) is 0 Å². The first-order chi connectivity index (χ1) is 9.06. The van der Waals surface area contributed by atoms with Gasteiger partial charge in [-0.05, 0) is 25.2 Å². The monoisotopic (exact) mass is 281 g/mol. The van der Waals surface area contributed by atoms with Gasteiger partial charge in [0.2, 0.25) is 0 Å². The summed E-state index contributed by atoms with van der Waals surface area (Å²) in [6.07, 6.45) is 8.44. The summed E-state index contributed by atoms with van der Waals surface area (Å²) in [5.74, 6) is -0.449. The Morgan fingerprint density at radius 2 is 2.26 bits per heavy atom. The molecule has 0 aliphatic heterocycles. The second-order valence-electron chi connectivity index (χ2n) is 4.91. The van der Waals surface area contributed by atoms with E-state index in [0.29, 0.717) is 5.82 Å². The molecule has 1 aromatic rings. The predicted molar refractivity (Wildman–Crippen MR) is 78.8 cm³/mol. The number of nitrogens with zero attached hydrogens (tertiary/aromatic N) is 1. The van der Waals surface area contributed by atoms with Gasteiger partial charge >= 0.3 is 5.97 Å². The maximum atomic E-state index is 11.0. The van der Waals surface area contributed by atoms with Gasteiger partial charge in [-0.2, -0.15) is 11.8 Å². The summed E-state index contributed by atoms with van der Waals surface area (Å²) in [6.45, 7) is 0.810. The zero-order valence-electron chi connectivity index (χ0n) is 11.0. The van der Waals surface area contributed by atoms with Crippen LogP contribution in [0, 0.1) is 0 Å². The minimum atomic E-state index is -1.02. The average molecular weight is 281 g/mol. The summed E-state index contributed by atoms with van der Waals surface area (Å²) >= 11 is 1.88. The number of hydrogen-bond donors (Lipinski definition) is 3. The zero-order chi connectivity index (χ0) is 13.9. The molecule has 1 fully saturated rings. The molecular weight excluding hydrogens is 262 g/mol. The summed E-state index contributed by atoms with van der Waals surface area (Å²) in [7, 11) is 0. The Bertz CT molecular complexity index is 473. The van der Waals surface area contributed by atoms with E-state index in [0.717, 1.165) is 6.54 Å². The number of carboxylic acid groups (broad SMARTS) is 1. The zero-order valence-corrected chi connectivity index (χ0v) is 11.8. The third kappa shape index (κ3) is 3.12. The standard InChI is InChI=1S/C13H19N3O2S/c1-19-13(4-2-3-5-13)8-16-11-6-9(12(17)18)10(14)7-15-11/h6-7H,2-5,8,14H2,1H3,(H,15,16)(H,17,18). The van der Waals surface area contributed by atoms with Crippen molar-refractivity contribution in [2.24, 2.45) is 0 Å². The lowest BCUT2D eigenvalue weighted by molar-refractivity contribution is 0.0698. The lowest BCUT2D eigenvalue weighted by Crippen LogP contribution is -2.30. The van der Waals surface area contributed by atoms with Gasteiger partial charge in [-0.1, -0.05) is 12.8 Å². The Labute approximate surface area is 117 Å². The summed E-state index contributed by atoms with van der Waals surface area (Å²) < 4.78 is 0.256. The number of hydrogen-bond acceptors (Lipinski definition) is 5. The van der Waals surface area contributed by atoms with Gasteiger partial charge in [-0.15, -0.1) is 0 Å². The van der Waals surface area contributed by atoms with E-state index in [-0.39, 0.29) is 16.0 Å². The molecule has 19 heavy (non-hydrogen) atoms. The van der Waals surface area contributed by atoms with E-state index >= 15 is 0 Å². The van der Waals surface area contributed by atoms with Crippen molar-refractivity contribution in [3.63, 3.8) is 0 Å². The van der Waals surface area contributed by atoms with E-state index < -0.39 is 5.97 Å². The van der Waals surface area contributed by atoms with Gasteiger partial charge in [-0.25, -0.2) is 9.78 Å². The fourth-order valence-corrected chi connectivity index (χ4v) is 3.39. The number of nitrogen functional groups attached to an aromatic ring is 1. The first-order valence-electron chi connectivity index (χ1n) is 6.34. The van der Waals surface area contributed by atoms with Crippen molar-refractivity contribution in [3.05, 3.63) is 17.8 Å². The van der Waals surface area contributed by atoms with Crippen LogP contribution in [-0.4, -0.2) is 33.6 Å². The van der Waals surface area contributed by atoms with Crippen molar-refractivity contribution < 1.29 is 9.90 Å². The van der Waals surface area contributed by atoms with Gasteiger partial charge in [-0.3, -0.25) is 0 Å². The Hall–Kier alpha value is -1.43. The van der Waals surface area contributed by atoms with E-state index in [2.05, 4.69) is 16.6 Å². The highest BCUT2D eigenvalue weighted by atomic mass is 32.2. The maximum absolute atomic E-state index is 11.0. The lowest BCUT2D eigenvalue weighted by atomic mass is 10.1. The van der Waals surface area contributed by atoms with Crippen LogP contribution in [0.15, 0.2) is 12.3 Å². The van der Waals surface area contributed by atoms with E-state index in [9.17, 15) is 4.79 Å². The third-order valence-corrected chi connectivity index (χ3v) is 5.12. The number of rotatable bonds is 5. The van der Waals surface area contributed by atoms with Gasteiger partial charge in [0.1, 0.15) is 5.82 Å². The van der Waals surface area contributed by atoms with E-state index in [1.807, 2.05) is 11.8 Å². The van der Waals surface area contributed by atoms with Gasteiger partial charge in [0.05, 0.1) is 17.4 Å². The van der Waals surface area contributed by atoms with Crippen molar-refractivity contribution in [2.45, 2.75) is 30.4 Å². The molecule has 104 valence electrons. The molecule has 0 spiro atoms. The molecule has 6 heteroatoms. The molecule has 0 bridgehead atoms. The molecule has 1 aliphatic carbocycles. The molecule has 4 N–H and O–H groups in total. The SMILES string of the molecule is CSC1(CNc2cc(C(=O)O)c(N)cn2)CCCC1. The van der Waals surface area contributed by atoms with Crippen molar-refractivity contribution in [1.29, 1.82) is 0 Å². The van der Waals surface area contributed by atoms with E-state index in [1.165, 1.54) is 37.9 Å². The predicted octanol–water partition coefficient (Wildman–Crippen LogP) is 2.45. The van der Waals surface area contributed by atoms with Crippen LogP contribution >= 0.6 is 11.8 Å². The van der Waals surface area contributed by atoms with E-state index in [1.54, 1.807) is 0 Å². The molecule has 2 rings (SSSR count). The summed E-state index contributed by atoms with van der Waals surface area (Å²) in [5.41, 5.74) is 5.88. The van der Waals surface area contributed by atoms with Crippen LogP contribution in [0.4, 0.5) is 11.5 Å². The fourth-order valence-electron chi connectivity index (χ4n) is 2.47. The maximum Gasteiger partial charge on any atom is 0.337 e. The van der Waals surface area contributed by atoms with Crippen molar-refractivity contribution in [2.75, 3.05) is 23.9 Å². The normalized spacial score (nSPS) is 17.3. The Morgan fingerprint density at radius 1 is 1.58 bits per heavy atom. The lowest BCUT2D eigenvalue weighted by Gasteiger charge is -2.27.